The van der Waals surface area contributed by atoms with Gasteiger partial charge in [0.05, 0.1) is 12.2 Å². The molecule has 37 heavy (non-hydrogen) atoms. The summed E-state index contributed by atoms with van der Waals surface area (Å²) in [7, 11) is 0. The summed E-state index contributed by atoms with van der Waals surface area (Å²) >= 11 is 6.01. The number of amides is 1. The summed E-state index contributed by atoms with van der Waals surface area (Å²) in [6.07, 6.45) is -3.61. The zero-order valence-corrected chi connectivity index (χ0v) is 19.1. The Morgan fingerprint density at radius 2 is 1.78 bits per heavy atom. The van der Waals surface area contributed by atoms with E-state index in [0.717, 1.165) is 24.3 Å². The molecule has 1 amide bonds. The Balaban J connectivity index is 1.43. The Hall–Kier alpha value is -4.39. The van der Waals surface area contributed by atoms with Crippen LogP contribution in [0.4, 0.5) is 27.9 Å². The lowest BCUT2D eigenvalue weighted by Crippen LogP contribution is -2.16. The summed E-state index contributed by atoms with van der Waals surface area (Å²) in [6.45, 7) is -0.0756. The van der Waals surface area contributed by atoms with Gasteiger partial charge >= 0.3 is 6.18 Å². The van der Waals surface area contributed by atoms with Crippen molar-refractivity contribution in [2.45, 2.75) is 12.7 Å². The Morgan fingerprint density at radius 3 is 2.49 bits per heavy atom. The third kappa shape index (κ3) is 4.98. The lowest BCUT2D eigenvalue weighted by Gasteiger charge is -2.11. The highest BCUT2D eigenvalue weighted by Crippen LogP contribution is 2.32. The van der Waals surface area contributed by atoms with Crippen LogP contribution in [0.1, 0.15) is 21.7 Å². The second-order valence-corrected chi connectivity index (χ2v) is 8.16. The molecule has 5 aromatic rings. The molecule has 0 bridgehead atoms. The SMILES string of the molecule is O=C(Nc1ncn(Cc2c(F)cccc2Cl)n1)c1cc2nc(-c3ccc(F)cc3)cc(C(F)(F)F)n2n1. The van der Waals surface area contributed by atoms with Crippen molar-refractivity contribution in [1.82, 2.24) is 29.4 Å². The van der Waals surface area contributed by atoms with E-state index in [1.807, 2.05) is 0 Å². The van der Waals surface area contributed by atoms with Crippen molar-refractivity contribution >= 4 is 29.1 Å². The highest BCUT2D eigenvalue weighted by atomic mass is 35.5. The zero-order valence-electron chi connectivity index (χ0n) is 18.3. The van der Waals surface area contributed by atoms with E-state index in [4.69, 9.17) is 11.6 Å². The van der Waals surface area contributed by atoms with Crippen LogP contribution >= 0.6 is 11.6 Å². The first-order chi connectivity index (χ1) is 17.6. The minimum absolute atomic E-state index is 0.0756. The van der Waals surface area contributed by atoms with Gasteiger partial charge in [0, 0.05) is 22.2 Å². The zero-order chi connectivity index (χ0) is 26.3. The normalized spacial score (nSPS) is 11.7. The highest BCUT2D eigenvalue weighted by Gasteiger charge is 2.35. The van der Waals surface area contributed by atoms with Crippen molar-refractivity contribution < 1.29 is 26.7 Å². The highest BCUT2D eigenvalue weighted by molar-refractivity contribution is 6.31. The molecule has 0 spiro atoms. The van der Waals surface area contributed by atoms with E-state index in [1.165, 1.54) is 41.3 Å². The molecule has 2 aromatic carbocycles. The Labute approximate surface area is 209 Å². The van der Waals surface area contributed by atoms with Gasteiger partial charge in [-0.1, -0.05) is 17.7 Å². The van der Waals surface area contributed by atoms with Gasteiger partial charge in [-0.15, -0.1) is 5.10 Å². The predicted octanol–water partition coefficient (Wildman–Crippen LogP) is 5.24. The molecule has 8 nitrogen and oxygen atoms in total. The first-order valence-corrected chi connectivity index (χ1v) is 10.8. The van der Waals surface area contributed by atoms with Crippen LogP contribution in [-0.4, -0.2) is 35.3 Å². The maximum Gasteiger partial charge on any atom is 0.433 e. The van der Waals surface area contributed by atoms with Crippen LogP contribution in [-0.2, 0) is 12.7 Å². The Kier molecular flexibility index (Phi) is 6.07. The number of carbonyl (C=O) groups excluding carboxylic acids is 1. The first kappa shape index (κ1) is 24.3. The minimum atomic E-state index is -4.83. The van der Waals surface area contributed by atoms with Crippen molar-refractivity contribution in [3.8, 4) is 11.3 Å². The van der Waals surface area contributed by atoms with Gasteiger partial charge in [0.2, 0.25) is 5.95 Å². The maximum absolute atomic E-state index is 14.0. The summed E-state index contributed by atoms with van der Waals surface area (Å²) in [5, 5.41) is 10.3. The van der Waals surface area contributed by atoms with Crippen LogP contribution < -0.4 is 5.32 Å². The molecule has 0 aliphatic carbocycles. The molecule has 5 rings (SSSR count). The van der Waals surface area contributed by atoms with E-state index >= 15 is 0 Å². The first-order valence-electron chi connectivity index (χ1n) is 10.5. The fourth-order valence-corrected chi connectivity index (χ4v) is 3.72. The standard InChI is InChI=1S/C23H13ClF5N7O/c24-15-2-1-3-16(26)14(15)10-35-11-30-22(34-35)32-21(37)18-9-20-31-17(12-4-6-13(25)7-5-12)8-19(23(27,28)29)36(20)33-18/h1-9,11H,10H2,(H,32,34,37). The van der Waals surface area contributed by atoms with Gasteiger partial charge in [-0.3, -0.25) is 10.1 Å². The van der Waals surface area contributed by atoms with Gasteiger partial charge < -0.3 is 0 Å². The average Bonchev–Trinajstić information content (AvgIpc) is 3.47. The van der Waals surface area contributed by atoms with Crippen LogP contribution in [0.25, 0.3) is 16.9 Å². The molecule has 1 N–H and O–H groups in total. The Bertz CT molecular complexity index is 1610. The molecular formula is C23H13ClF5N7O. The van der Waals surface area contributed by atoms with Crippen molar-refractivity contribution in [1.29, 1.82) is 0 Å². The number of fused-ring (bicyclic) bond motifs is 1. The van der Waals surface area contributed by atoms with Gasteiger partial charge in [0.25, 0.3) is 5.91 Å². The molecule has 0 saturated carbocycles. The molecule has 0 atom stereocenters. The van der Waals surface area contributed by atoms with Gasteiger partial charge in [0.1, 0.15) is 18.0 Å². The molecule has 188 valence electrons. The number of rotatable bonds is 5. The van der Waals surface area contributed by atoms with Crippen LogP contribution in [0.2, 0.25) is 5.02 Å². The summed E-state index contributed by atoms with van der Waals surface area (Å²) < 4.78 is 70.3. The predicted molar refractivity (Wildman–Crippen MR) is 122 cm³/mol. The van der Waals surface area contributed by atoms with Crippen LogP contribution in [0.5, 0.6) is 0 Å². The largest absolute Gasteiger partial charge is 0.433 e. The number of halogens is 6. The second kappa shape index (κ2) is 9.24. The monoisotopic (exact) mass is 533 g/mol. The molecule has 0 unspecified atom stereocenters. The number of anilines is 1. The van der Waals surface area contributed by atoms with Crippen molar-refractivity contribution in [2.24, 2.45) is 0 Å². The van der Waals surface area contributed by atoms with E-state index in [9.17, 15) is 26.7 Å². The Morgan fingerprint density at radius 1 is 1.03 bits per heavy atom. The number of carbonyl (C=O) groups is 1. The molecule has 3 heterocycles. The molecule has 0 aliphatic rings. The van der Waals surface area contributed by atoms with Crippen molar-refractivity contribution in [3.63, 3.8) is 0 Å². The molecule has 0 radical (unpaired) electrons. The minimum Gasteiger partial charge on any atom is -0.288 e. The number of hydrogen-bond acceptors (Lipinski definition) is 5. The molecule has 0 aliphatic heterocycles. The van der Waals surface area contributed by atoms with Crippen molar-refractivity contribution in [2.75, 3.05) is 5.32 Å². The smallest absolute Gasteiger partial charge is 0.288 e. The maximum atomic E-state index is 14.0. The molecule has 14 heteroatoms. The second-order valence-electron chi connectivity index (χ2n) is 7.75. The topological polar surface area (TPSA) is 90.0 Å². The number of aromatic nitrogens is 6. The van der Waals surface area contributed by atoms with Crippen LogP contribution in [0, 0.1) is 11.6 Å². The van der Waals surface area contributed by atoms with E-state index < -0.39 is 29.4 Å². The van der Waals surface area contributed by atoms with Gasteiger partial charge in [-0.25, -0.2) is 27.9 Å². The summed E-state index contributed by atoms with van der Waals surface area (Å²) in [4.78, 5) is 20.7. The molecular weight excluding hydrogens is 521 g/mol. The number of nitrogens with one attached hydrogen (secondary N) is 1. The lowest BCUT2D eigenvalue weighted by molar-refractivity contribution is -0.142. The van der Waals surface area contributed by atoms with E-state index in [1.54, 1.807) is 0 Å². The van der Waals surface area contributed by atoms with Gasteiger partial charge in [-0.05, 0) is 42.5 Å². The number of nitrogens with zero attached hydrogens (tertiary/aromatic N) is 6. The quantitative estimate of drug-likeness (QED) is 0.312. The summed E-state index contributed by atoms with van der Waals surface area (Å²) in [6, 6.07) is 10.8. The summed E-state index contributed by atoms with van der Waals surface area (Å²) in [5.41, 5.74) is -1.50. The molecule has 3 aromatic heterocycles. The van der Waals surface area contributed by atoms with E-state index in [2.05, 4.69) is 25.5 Å². The number of alkyl halides is 3. The fraction of sp³-hybridized carbons (Fsp3) is 0.0870. The number of benzene rings is 2. The molecule has 0 fully saturated rings. The molecule has 0 saturated heterocycles. The van der Waals surface area contributed by atoms with E-state index in [0.29, 0.717) is 4.52 Å². The van der Waals surface area contributed by atoms with E-state index in [-0.39, 0.29) is 45.7 Å². The van der Waals surface area contributed by atoms with Crippen LogP contribution in [0.3, 0.4) is 0 Å². The average molecular weight is 534 g/mol. The lowest BCUT2D eigenvalue weighted by atomic mass is 10.1. The third-order valence-corrected chi connectivity index (χ3v) is 5.59. The summed E-state index contributed by atoms with van der Waals surface area (Å²) in [5.74, 6) is -2.20. The third-order valence-electron chi connectivity index (χ3n) is 5.23. The fourth-order valence-electron chi connectivity index (χ4n) is 3.49. The van der Waals surface area contributed by atoms with Crippen LogP contribution in [0.15, 0.2) is 60.9 Å². The van der Waals surface area contributed by atoms with Gasteiger partial charge in [0.15, 0.2) is 17.0 Å². The van der Waals surface area contributed by atoms with Gasteiger partial charge in [-0.2, -0.15) is 18.3 Å². The number of hydrogen-bond donors (Lipinski definition) is 1. The van der Waals surface area contributed by atoms with Crippen molar-refractivity contribution in [3.05, 3.63) is 94.5 Å².